The number of piperidine rings is 1. The first-order chi connectivity index (χ1) is 11.7. The van der Waals surface area contributed by atoms with Crippen molar-refractivity contribution < 1.29 is 14.7 Å². The lowest BCUT2D eigenvalue weighted by Gasteiger charge is -2.36. The molecule has 2 unspecified atom stereocenters. The van der Waals surface area contributed by atoms with E-state index in [1.807, 2.05) is 18.5 Å². The zero-order chi connectivity index (χ0) is 18.7. The van der Waals surface area contributed by atoms with Crippen LogP contribution in [0.4, 0.5) is 0 Å². The lowest BCUT2D eigenvalue weighted by Crippen LogP contribution is -2.47. The number of aromatic nitrogens is 2. The summed E-state index contributed by atoms with van der Waals surface area (Å²) >= 11 is 0. The van der Waals surface area contributed by atoms with Crippen LogP contribution in [0.3, 0.4) is 0 Å². The molecule has 6 heteroatoms. The molecule has 1 aromatic heterocycles. The van der Waals surface area contributed by atoms with Crippen LogP contribution in [0.2, 0.25) is 0 Å². The number of hydrogen-bond donors (Lipinski definition) is 1. The topological polar surface area (TPSA) is 75.4 Å². The third-order valence-corrected chi connectivity index (χ3v) is 5.21. The Morgan fingerprint density at radius 3 is 2.56 bits per heavy atom. The van der Waals surface area contributed by atoms with E-state index in [1.54, 1.807) is 4.90 Å². The zero-order valence-corrected chi connectivity index (χ0v) is 16.1. The molecule has 1 fully saturated rings. The summed E-state index contributed by atoms with van der Waals surface area (Å²) in [5.74, 6) is -0.660. The molecule has 140 valence electrons. The third-order valence-electron chi connectivity index (χ3n) is 5.21. The molecule has 0 saturated carbocycles. The van der Waals surface area contributed by atoms with Gasteiger partial charge >= 0.3 is 5.97 Å². The molecule has 25 heavy (non-hydrogen) atoms. The number of hydrogen-bond acceptors (Lipinski definition) is 3. The maximum atomic E-state index is 12.7. The van der Waals surface area contributed by atoms with Crippen LogP contribution in [0.1, 0.15) is 57.0 Å². The molecule has 1 N–H and O–H groups in total. The van der Waals surface area contributed by atoms with E-state index in [0.717, 1.165) is 29.9 Å². The van der Waals surface area contributed by atoms with E-state index in [9.17, 15) is 14.7 Å². The standard InChI is InChI=1S/C19H31N3O3/c1-12(2)10-22-15(5)17(14(4)20-22)8-9-18(23)21-11-16(19(24)25)7-6-13(21)3/h12-13,16H,6-11H2,1-5H3,(H,24,25). The predicted octanol–water partition coefficient (Wildman–Crippen LogP) is 2.80. The van der Waals surface area contributed by atoms with Gasteiger partial charge in [0.05, 0.1) is 11.6 Å². The van der Waals surface area contributed by atoms with Gasteiger partial charge in [0.1, 0.15) is 0 Å². The molecular weight excluding hydrogens is 318 g/mol. The Bertz CT molecular complexity index is 636. The van der Waals surface area contributed by atoms with Gasteiger partial charge in [0.25, 0.3) is 0 Å². The summed E-state index contributed by atoms with van der Waals surface area (Å²) in [5, 5.41) is 13.8. The second-order valence-electron chi connectivity index (χ2n) is 7.73. The molecule has 6 nitrogen and oxygen atoms in total. The molecule has 1 aliphatic heterocycles. The highest BCUT2D eigenvalue weighted by atomic mass is 16.4. The predicted molar refractivity (Wildman–Crippen MR) is 96.4 cm³/mol. The zero-order valence-electron chi connectivity index (χ0n) is 16.1. The Balaban J connectivity index is 2.02. The first-order valence-electron chi connectivity index (χ1n) is 9.25. The first-order valence-corrected chi connectivity index (χ1v) is 9.25. The molecule has 2 heterocycles. The molecule has 1 aliphatic rings. The molecule has 0 radical (unpaired) electrons. The van der Waals surface area contributed by atoms with E-state index in [1.165, 1.54) is 0 Å². The van der Waals surface area contributed by atoms with Crippen molar-refractivity contribution in [3.63, 3.8) is 0 Å². The Kier molecular flexibility index (Phi) is 6.25. The van der Waals surface area contributed by atoms with Crippen LogP contribution < -0.4 is 0 Å². The molecule has 0 aliphatic carbocycles. The van der Waals surface area contributed by atoms with Crippen LogP contribution in [-0.4, -0.2) is 44.3 Å². The lowest BCUT2D eigenvalue weighted by atomic mass is 9.93. The summed E-state index contributed by atoms with van der Waals surface area (Å²) in [6.45, 7) is 11.6. The van der Waals surface area contributed by atoms with Crippen molar-refractivity contribution in [2.24, 2.45) is 11.8 Å². The molecule has 0 aromatic carbocycles. The average molecular weight is 349 g/mol. The monoisotopic (exact) mass is 349 g/mol. The molecule has 1 saturated heterocycles. The SMILES string of the molecule is Cc1nn(CC(C)C)c(C)c1CCC(=O)N1CC(C(=O)O)CCC1C. The number of carbonyl (C=O) groups is 2. The Morgan fingerprint density at radius 1 is 1.28 bits per heavy atom. The fourth-order valence-corrected chi connectivity index (χ4v) is 3.65. The lowest BCUT2D eigenvalue weighted by molar-refractivity contribution is -0.147. The second kappa shape index (κ2) is 8.02. The van der Waals surface area contributed by atoms with Gasteiger partial charge < -0.3 is 10.0 Å². The Morgan fingerprint density at radius 2 is 1.96 bits per heavy atom. The van der Waals surface area contributed by atoms with Gasteiger partial charge in [-0.3, -0.25) is 14.3 Å². The van der Waals surface area contributed by atoms with Gasteiger partial charge in [0.15, 0.2) is 0 Å². The number of likely N-dealkylation sites (tertiary alicyclic amines) is 1. The minimum atomic E-state index is -0.800. The number of aliphatic carboxylic acids is 1. The number of aryl methyl sites for hydroxylation is 1. The molecule has 2 rings (SSSR count). The van der Waals surface area contributed by atoms with Crippen molar-refractivity contribution in [2.75, 3.05) is 6.54 Å². The van der Waals surface area contributed by atoms with Crippen LogP contribution >= 0.6 is 0 Å². The van der Waals surface area contributed by atoms with E-state index in [0.29, 0.717) is 31.7 Å². The fraction of sp³-hybridized carbons (Fsp3) is 0.737. The minimum absolute atomic E-state index is 0.0499. The van der Waals surface area contributed by atoms with Crippen molar-refractivity contribution in [3.8, 4) is 0 Å². The number of carbonyl (C=O) groups excluding carboxylic acids is 1. The van der Waals surface area contributed by atoms with Crippen molar-refractivity contribution in [2.45, 2.75) is 72.9 Å². The van der Waals surface area contributed by atoms with Gasteiger partial charge in [-0.15, -0.1) is 0 Å². The van der Waals surface area contributed by atoms with Crippen molar-refractivity contribution in [1.29, 1.82) is 0 Å². The van der Waals surface area contributed by atoms with Crippen LogP contribution in [0, 0.1) is 25.7 Å². The van der Waals surface area contributed by atoms with Gasteiger partial charge in [-0.25, -0.2) is 0 Å². The van der Waals surface area contributed by atoms with Crippen LogP contribution in [-0.2, 0) is 22.6 Å². The van der Waals surface area contributed by atoms with Gasteiger partial charge in [0.2, 0.25) is 5.91 Å². The normalized spacial score (nSPS) is 21.0. The second-order valence-corrected chi connectivity index (χ2v) is 7.73. The number of nitrogens with zero attached hydrogens (tertiary/aromatic N) is 3. The largest absolute Gasteiger partial charge is 0.481 e. The quantitative estimate of drug-likeness (QED) is 0.857. The number of amides is 1. The number of carboxylic acids is 1. The van der Waals surface area contributed by atoms with Crippen molar-refractivity contribution >= 4 is 11.9 Å². The first kappa shape index (κ1) is 19.5. The highest BCUT2D eigenvalue weighted by molar-refractivity contribution is 5.78. The summed E-state index contributed by atoms with van der Waals surface area (Å²) in [6.07, 6.45) is 2.48. The number of rotatable bonds is 6. The molecule has 0 spiro atoms. The molecule has 0 bridgehead atoms. The van der Waals surface area contributed by atoms with Crippen LogP contribution in [0.25, 0.3) is 0 Å². The van der Waals surface area contributed by atoms with Gasteiger partial charge in [0, 0.05) is 31.2 Å². The van der Waals surface area contributed by atoms with Gasteiger partial charge in [-0.1, -0.05) is 13.8 Å². The summed E-state index contributed by atoms with van der Waals surface area (Å²) in [6, 6.07) is 0.119. The highest BCUT2D eigenvalue weighted by Crippen LogP contribution is 2.24. The Hall–Kier alpha value is -1.85. The summed E-state index contributed by atoms with van der Waals surface area (Å²) in [5.41, 5.74) is 3.27. The molecular formula is C19H31N3O3. The Labute approximate surface area is 150 Å². The van der Waals surface area contributed by atoms with E-state index in [4.69, 9.17) is 0 Å². The van der Waals surface area contributed by atoms with E-state index < -0.39 is 11.9 Å². The third kappa shape index (κ3) is 4.61. The van der Waals surface area contributed by atoms with E-state index in [2.05, 4.69) is 25.9 Å². The van der Waals surface area contributed by atoms with Crippen LogP contribution in [0.5, 0.6) is 0 Å². The van der Waals surface area contributed by atoms with Crippen molar-refractivity contribution in [3.05, 3.63) is 17.0 Å². The van der Waals surface area contributed by atoms with E-state index in [-0.39, 0.29) is 11.9 Å². The van der Waals surface area contributed by atoms with E-state index >= 15 is 0 Å². The van der Waals surface area contributed by atoms with Crippen molar-refractivity contribution in [1.82, 2.24) is 14.7 Å². The maximum Gasteiger partial charge on any atom is 0.308 e. The molecule has 2 atom stereocenters. The minimum Gasteiger partial charge on any atom is -0.481 e. The number of carboxylic acid groups (broad SMARTS) is 1. The van der Waals surface area contributed by atoms with Gasteiger partial charge in [-0.05, 0) is 51.5 Å². The van der Waals surface area contributed by atoms with Crippen LogP contribution in [0.15, 0.2) is 0 Å². The summed E-state index contributed by atoms with van der Waals surface area (Å²) in [7, 11) is 0. The summed E-state index contributed by atoms with van der Waals surface area (Å²) < 4.78 is 2.03. The molecule has 1 aromatic rings. The average Bonchev–Trinajstić information content (AvgIpc) is 2.78. The summed E-state index contributed by atoms with van der Waals surface area (Å²) in [4.78, 5) is 25.7. The molecule has 1 amide bonds. The smallest absolute Gasteiger partial charge is 0.308 e. The maximum absolute atomic E-state index is 12.7. The van der Waals surface area contributed by atoms with Gasteiger partial charge in [-0.2, -0.15) is 5.10 Å². The fourth-order valence-electron chi connectivity index (χ4n) is 3.65. The highest BCUT2D eigenvalue weighted by Gasteiger charge is 2.32.